The lowest BCUT2D eigenvalue weighted by molar-refractivity contribution is 0.0947. The van der Waals surface area contributed by atoms with Gasteiger partial charge in [-0.15, -0.1) is 11.6 Å². The fourth-order valence-corrected chi connectivity index (χ4v) is 3.63. The lowest BCUT2D eigenvalue weighted by Gasteiger charge is -2.14. The summed E-state index contributed by atoms with van der Waals surface area (Å²) in [5.74, 6) is 0.491. The van der Waals surface area contributed by atoms with Crippen LogP contribution in [-0.2, 0) is 12.8 Å². The lowest BCUT2D eigenvalue weighted by Crippen LogP contribution is -2.31. The molecule has 1 aromatic carbocycles. The van der Waals surface area contributed by atoms with Crippen molar-refractivity contribution in [3.8, 4) is 0 Å². The largest absolute Gasteiger partial charge is 0.352 e. The van der Waals surface area contributed by atoms with Crippen molar-refractivity contribution in [3.63, 3.8) is 0 Å². The van der Waals surface area contributed by atoms with Gasteiger partial charge in [-0.1, -0.05) is 12.5 Å². The summed E-state index contributed by atoms with van der Waals surface area (Å²) in [7, 11) is 0. The maximum Gasteiger partial charge on any atom is 0.251 e. The molecular formula is C16H20ClNO. The van der Waals surface area contributed by atoms with E-state index < -0.39 is 0 Å². The number of alkyl halides is 1. The zero-order chi connectivity index (χ0) is 13.2. The van der Waals surface area contributed by atoms with Crippen LogP contribution in [0.3, 0.4) is 0 Å². The van der Waals surface area contributed by atoms with Crippen molar-refractivity contribution in [2.75, 3.05) is 6.54 Å². The zero-order valence-corrected chi connectivity index (χ0v) is 11.9. The molecular weight excluding hydrogens is 258 g/mol. The van der Waals surface area contributed by atoms with Crippen LogP contribution in [0.1, 0.15) is 47.2 Å². The third kappa shape index (κ3) is 2.79. The molecule has 1 amide bonds. The van der Waals surface area contributed by atoms with E-state index >= 15 is 0 Å². The van der Waals surface area contributed by atoms with Crippen molar-refractivity contribution < 1.29 is 4.79 Å². The Morgan fingerprint density at radius 2 is 2.05 bits per heavy atom. The second-order valence-corrected chi connectivity index (χ2v) is 6.31. The number of aryl methyl sites for hydroxylation is 2. The van der Waals surface area contributed by atoms with Crippen LogP contribution in [0.15, 0.2) is 18.2 Å². The highest BCUT2D eigenvalue weighted by atomic mass is 35.5. The highest BCUT2D eigenvalue weighted by Gasteiger charge is 2.25. The van der Waals surface area contributed by atoms with E-state index in [1.807, 2.05) is 6.07 Å². The Morgan fingerprint density at radius 3 is 2.84 bits per heavy atom. The van der Waals surface area contributed by atoms with E-state index in [-0.39, 0.29) is 11.3 Å². The molecule has 0 heterocycles. The van der Waals surface area contributed by atoms with E-state index in [9.17, 15) is 4.79 Å². The Labute approximate surface area is 119 Å². The van der Waals surface area contributed by atoms with Gasteiger partial charge in [0, 0.05) is 17.5 Å². The first-order valence-electron chi connectivity index (χ1n) is 7.28. The molecule has 1 N–H and O–H groups in total. The fraction of sp³-hybridized carbons (Fsp3) is 0.562. The summed E-state index contributed by atoms with van der Waals surface area (Å²) in [5.41, 5.74) is 3.56. The minimum absolute atomic E-state index is 0.0467. The SMILES string of the molecule is O=C(NCC1CCCC1Cl)c1ccc2c(c1)CCC2. The number of carbonyl (C=O) groups excluding carboxylic acids is 1. The molecule has 0 aliphatic heterocycles. The molecule has 1 aromatic rings. The molecule has 3 rings (SSSR count). The van der Waals surface area contributed by atoms with E-state index in [0.29, 0.717) is 12.5 Å². The topological polar surface area (TPSA) is 29.1 Å². The maximum atomic E-state index is 12.2. The minimum Gasteiger partial charge on any atom is -0.352 e. The molecule has 3 heteroatoms. The third-order valence-corrected chi connectivity index (χ3v) is 5.03. The second kappa shape index (κ2) is 5.54. The highest BCUT2D eigenvalue weighted by Crippen LogP contribution is 2.29. The molecule has 102 valence electrons. The lowest BCUT2D eigenvalue weighted by atomic mass is 10.1. The highest BCUT2D eigenvalue weighted by molar-refractivity contribution is 6.21. The van der Waals surface area contributed by atoms with E-state index in [1.54, 1.807) is 0 Å². The number of hydrogen-bond acceptors (Lipinski definition) is 1. The molecule has 0 spiro atoms. The van der Waals surface area contributed by atoms with Crippen LogP contribution < -0.4 is 5.32 Å². The smallest absolute Gasteiger partial charge is 0.251 e. The van der Waals surface area contributed by atoms with Gasteiger partial charge in [0.1, 0.15) is 0 Å². The Kier molecular flexibility index (Phi) is 3.79. The summed E-state index contributed by atoms with van der Waals surface area (Å²) < 4.78 is 0. The van der Waals surface area contributed by atoms with Gasteiger partial charge in [-0.3, -0.25) is 4.79 Å². The molecule has 2 aliphatic carbocycles. The quantitative estimate of drug-likeness (QED) is 0.844. The average molecular weight is 278 g/mol. The van der Waals surface area contributed by atoms with E-state index in [1.165, 1.54) is 24.0 Å². The summed E-state index contributed by atoms with van der Waals surface area (Å²) in [5, 5.41) is 3.28. The first-order valence-corrected chi connectivity index (χ1v) is 7.72. The van der Waals surface area contributed by atoms with Crippen molar-refractivity contribution in [1.82, 2.24) is 5.32 Å². The summed E-state index contributed by atoms with van der Waals surface area (Å²) in [6.07, 6.45) is 6.90. The molecule has 1 fully saturated rings. The molecule has 2 unspecified atom stereocenters. The van der Waals surface area contributed by atoms with E-state index in [2.05, 4.69) is 17.4 Å². The van der Waals surface area contributed by atoms with Crippen LogP contribution in [0.25, 0.3) is 0 Å². The molecule has 2 nitrogen and oxygen atoms in total. The van der Waals surface area contributed by atoms with Crippen LogP contribution >= 0.6 is 11.6 Å². The normalized spacial score (nSPS) is 25.3. The Morgan fingerprint density at radius 1 is 1.21 bits per heavy atom. The van der Waals surface area contributed by atoms with Crippen LogP contribution in [0.4, 0.5) is 0 Å². The molecule has 2 aliphatic rings. The van der Waals surface area contributed by atoms with Crippen molar-refractivity contribution >= 4 is 17.5 Å². The number of amides is 1. The van der Waals surface area contributed by atoms with Crippen LogP contribution in [0, 0.1) is 5.92 Å². The molecule has 0 aromatic heterocycles. The van der Waals surface area contributed by atoms with Crippen LogP contribution in [0.2, 0.25) is 0 Å². The van der Waals surface area contributed by atoms with Gasteiger partial charge in [-0.25, -0.2) is 0 Å². The van der Waals surface area contributed by atoms with Gasteiger partial charge in [-0.2, -0.15) is 0 Å². The number of halogens is 1. The predicted octanol–water partition coefficient (Wildman–Crippen LogP) is 3.31. The van der Waals surface area contributed by atoms with Gasteiger partial charge >= 0.3 is 0 Å². The Balaban J connectivity index is 1.61. The van der Waals surface area contributed by atoms with Gasteiger partial charge in [0.05, 0.1) is 0 Å². The fourth-order valence-electron chi connectivity index (χ4n) is 3.26. The van der Waals surface area contributed by atoms with Gasteiger partial charge in [0.25, 0.3) is 5.91 Å². The van der Waals surface area contributed by atoms with Crippen molar-refractivity contribution in [1.29, 1.82) is 0 Å². The average Bonchev–Trinajstić information content (AvgIpc) is 3.03. The van der Waals surface area contributed by atoms with Gasteiger partial charge in [0.15, 0.2) is 0 Å². The standard InChI is InChI=1S/C16H20ClNO/c17-15-6-2-5-14(15)10-18-16(19)13-8-7-11-3-1-4-12(11)9-13/h7-9,14-15H,1-6,10H2,(H,18,19). The first kappa shape index (κ1) is 13.0. The van der Waals surface area contributed by atoms with Crippen LogP contribution in [0.5, 0.6) is 0 Å². The monoisotopic (exact) mass is 277 g/mol. The van der Waals surface area contributed by atoms with E-state index in [4.69, 9.17) is 11.6 Å². The van der Waals surface area contributed by atoms with Crippen molar-refractivity contribution in [2.45, 2.75) is 43.9 Å². The van der Waals surface area contributed by atoms with Gasteiger partial charge in [0.2, 0.25) is 0 Å². The third-order valence-electron chi connectivity index (χ3n) is 4.45. The molecule has 19 heavy (non-hydrogen) atoms. The Bertz CT molecular complexity index is 486. The maximum absolute atomic E-state index is 12.2. The summed E-state index contributed by atoms with van der Waals surface area (Å²) in [6.45, 7) is 0.712. The van der Waals surface area contributed by atoms with Crippen LogP contribution in [-0.4, -0.2) is 17.8 Å². The number of carbonyl (C=O) groups is 1. The van der Waals surface area contributed by atoms with Crippen molar-refractivity contribution in [3.05, 3.63) is 34.9 Å². The number of hydrogen-bond donors (Lipinski definition) is 1. The first-order chi connectivity index (χ1) is 9.24. The van der Waals surface area contributed by atoms with E-state index in [0.717, 1.165) is 31.2 Å². The number of benzene rings is 1. The Hall–Kier alpha value is -1.02. The van der Waals surface area contributed by atoms with Gasteiger partial charge < -0.3 is 5.32 Å². The van der Waals surface area contributed by atoms with Gasteiger partial charge in [-0.05, 0) is 61.3 Å². The summed E-state index contributed by atoms with van der Waals surface area (Å²) in [6, 6.07) is 6.12. The number of rotatable bonds is 3. The minimum atomic E-state index is 0.0467. The number of fused-ring (bicyclic) bond motifs is 1. The molecule has 0 saturated heterocycles. The summed E-state index contributed by atoms with van der Waals surface area (Å²) >= 11 is 6.23. The second-order valence-electron chi connectivity index (χ2n) is 5.75. The van der Waals surface area contributed by atoms with Crippen molar-refractivity contribution in [2.24, 2.45) is 5.92 Å². The molecule has 0 radical (unpaired) electrons. The molecule has 2 atom stereocenters. The zero-order valence-electron chi connectivity index (χ0n) is 11.1. The molecule has 0 bridgehead atoms. The molecule has 1 saturated carbocycles. The predicted molar refractivity (Wildman–Crippen MR) is 77.8 cm³/mol. The number of nitrogens with one attached hydrogen (secondary N) is 1. The summed E-state index contributed by atoms with van der Waals surface area (Å²) in [4.78, 5) is 12.2.